The molecule has 7 heteroatoms. The average Bonchev–Trinajstić information content (AvgIpc) is 3.02. The van der Waals surface area contributed by atoms with Gasteiger partial charge in [-0.15, -0.1) is 5.10 Å². The van der Waals surface area contributed by atoms with Crippen LogP contribution in [0.1, 0.15) is 32.6 Å². The van der Waals surface area contributed by atoms with Crippen molar-refractivity contribution in [3.63, 3.8) is 0 Å². The van der Waals surface area contributed by atoms with Crippen LogP contribution in [0.4, 0.5) is 0 Å². The van der Waals surface area contributed by atoms with Crippen molar-refractivity contribution in [2.75, 3.05) is 19.8 Å². The first kappa shape index (κ1) is 16.1. The van der Waals surface area contributed by atoms with Crippen LogP contribution in [-0.4, -0.2) is 47.9 Å². The second kappa shape index (κ2) is 7.23. The van der Waals surface area contributed by atoms with Crippen molar-refractivity contribution in [1.29, 1.82) is 0 Å². The van der Waals surface area contributed by atoms with Crippen LogP contribution in [0.2, 0.25) is 0 Å². The quantitative estimate of drug-likeness (QED) is 0.764. The lowest BCUT2D eigenvalue weighted by atomic mass is 9.85. The van der Waals surface area contributed by atoms with Crippen LogP contribution in [0.15, 0.2) is 18.3 Å². The molecule has 1 unspecified atom stereocenters. The Balaban J connectivity index is 1.40. The molecule has 7 nitrogen and oxygen atoms in total. The molecule has 1 aromatic rings. The number of hydrogen-bond acceptors (Lipinski definition) is 7. The largest absolute Gasteiger partial charge is 0.473 e. The zero-order valence-corrected chi connectivity index (χ0v) is 13.3. The standard InChI is InChI=1S/C16H22N2O5/c1-12(11-20-14-3-2-8-17-18-14)23-15(19)13-4-6-16(7-5-13)21-9-10-22-16/h2-3,8,12-13H,4-7,9-11H2,1H3. The highest BCUT2D eigenvalue weighted by molar-refractivity contribution is 5.72. The summed E-state index contributed by atoms with van der Waals surface area (Å²) in [7, 11) is 0. The van der Waals surface area contributed by atoms with Crippen molar-refractivity contribution >= 4 is 5.97 Å². The fourth-order valence-corrected chi connectivity index (χ4v) is 2.97. The molecule has 1 saturated heterocycles. The van der Waals surface area contributed by atoms with Crippen LogP contribution < -0.4 is 4.74 Å². The molecule has 1 spiro atoms. The Hall–Kier alpha value is -1.73. The van der Waals surface area contributed by atoms with Gasteiger partial charge >= 0.3 is 5.97 Å². The summed E-state index contributed by atoms with van der Waals surface area (Å²) in [5.74, 6) is -0.289. The molecule has 126 valence electrons. The van der Waals surface area contributed by atoms with E-state index in [0.29, 0.717) is 19.1 Å². The second-order valence-corrected chi connectivity index (χ2v) is 6.00. The fraction of sp³-hybridized carbons (Fsp3) is 0.688. The molecule has 0 radical (unpaired) electrons. The topological polar surface area (TPSA) is 79.8 Å². The van der Waals surface area contributed by atoms with Gasteiger partial charge < -0.3 is 18.9 Å². The highest BCUT2D eigenvalue weighted by Crippen LogP contribution is 2.38. The third-order valence-corrected chi connectivity index (χ3v) is 4.23. The molecule has 2 fully saturated rings. The first-order valence-corrected chi connectivity index (χ1v) is 8.06. The number of rotatable bonds is 5. The number of nitrogens with zero attached hydrogens (tertiary/aromatic N) is 2. The summed E-state index contributed by atoms with van der Waals surface area (Å²) in [6.45, 7) is 3.35. The van der Waals surface area contributed by atoms with E-state index >= 15 is 0 Å². The number of carbonyl (C=O) groups is 1. The van der Waals surface area contributed by atoms with E-state index < -0.39 is 5.79 Å². The lowest BCUT2D eigenvalue weighted by Gasteiger charge is -2.34. The summed E-state index contributed by atoms with van der Waals surface area (Å²) >= 11 is 0. The van der Waals surface area contributed by atoms with Crippen LogP contribution in [0.5, 0.6) is 5.88 Å². The molecule has 23 heavy (non-hydrogen) atoms. The minimum atomic E-state index is -0.447. The maximum atomic E-state index is 12.2. The van der Waals surface area contributed by atoms with E-state index in [-0.39, 0.29) is 24.6 Å². The van der Waals surface area contributed by atoms with Gasteiger partial charge in [0.05, 0.1) is 19.1 Å². The zero-order valence-electron chi connectivity index (χ0n) is 13.3. The lowest BCUT2D eigenvalue weighted by Crippen LogP contribution is -2.38. The van der Waals surface area contributed by atoms with Crippen molar-refractivity contribution in [3.05, 3.63) is 18.3 Å². The number of aromatic nitrogens is 2. The maximum Gasteiger partial charge on any atom is 0.309 e. The van der Waals surface area contributed by atoms with Gasteiger partial charge in [-0.2, -0.15) is 5.10 Å². The van der Waals surface area contributed by atoms with Gasteiger partial charge in [-0.25, -0.2) is 0 Å². The third-order valence-electron chi connectivity index (χ3n) is 4.23. The van der Waals surface area contributed by atoms with Gasteiger partial charge in [0, 0.05) is 25.1 Å². The maximum absolute atomic E-state index is 12.2. The van der Waals surface area contributed by atoms with Gasteiger partial charge in [0.2, 0.25) is 5.88 Å². The molecule has 0 N–H and O–H groups in total. The third kappa shape index (κ3) is 4.17. The normalized spacial score (nSPS) is 22.0. The van der Waals surface area contributed by atoms with Crippen molar-refractivity contribution in [2.24, 2.45) is 5.92 Å². The zero-order chi connectivity index (χ0) is 16.1. The van der Waals surface area contributed by atoms with Gasteiger partial charge in [0.1, 0.15) is 12.7 Å². The molecular weight excluding hydrogens is 300 g/mol. The van der Waals surface area contributed by atoms with Crippen molar-refractivity contribution in [2.45, 2.75) is 44.5 Å². The Labute approximate surface area is 135 Å². The van der Waals surface area contributed by atoms with Crippen molar-refractivity contribution in [1.82, 2.24) is 10.2 Å². The average molecular weight is 322 g/mol. The Morgan fingerprint density at radius 2 is 2.13 bits per heavy atom. The SMILES string of the molecule is CC(COc1cccnn1)OC(=O)C1CCC2(CC1)OCCO2. The summed E-state index contributed by atoms with van der Waals surface area (Å²) < 4.78 is 22.3. The van der Waals surface area contributed by atoms with E-state index in [9.17, 15) is 4.79 Å². The smallest absolute Gasteiger partial charge is 0.309 e. The van der Waals surface area contributed by atoms with E-state index in [0.717, 1.165) is 25.7 Å². The number of esters is 1. The molecule has 1 aliphatic heterocycles. The minimum absolute atomic E-state index is 0.0904. The molecule has 0 bridgehead atoms. The monoisotopic (exact) mass is 322 g/mol. The highest BCUT2D eigenvalue weighted by atomic mass is 16.7. The van der Waals surface area contributed by atoms with Gasteiger partial charge in [-0.1, -0.05) is 0 Å². The summed E-state index contributed by atoms with van der Waals surface area (Å²) in [6, 6.07) is 3.45. The summed E-state index contributed by atoms with van der Waals surface area (Å²) in [5, 5.41) is 7.55. The Kier molecular flexibility index (Phi) is 5.07. The highest BCUT2D eigenvalue weighted by Gasteiger charge is 2.42. The predicted molar refractivity (Wildman–Crippen MR) is 79.7 cm³/mol. The first-order chi connectivity index (χ1) is 11.2. The van der Waals surface area contributed by atoms with E-state index in [2.05, 4.69) is 10.2 Å². The summed E-state index contributed by atoms with van der Waals surface area (Å²) in [5.41, 5.74) is 0. The van der Waals surface area contributed by atoms with Gasteiger partial charge in [-0.05, 0) is 25.8 Å². The molecule has 1 saturated carbocycles. The number of carbonyl (C=O) groups excluding carboxylic acids is 1. The lowest BCUT2D eigenvalue weighted by molar-refractivity contribution is -0.189. The Morgan fingerprint density at radius 3 is 2.78 bits per heavy atom. The van der Waals surface area contributed by atoms with E-state index in [1.807, 2.05) is 6.92 Å². The molecule has 1 aromatic heterocycles. The molecule has 0 amide bonds. The number of ether oxygens (including phenoxy) is 4. The summed E-state index contributed by atoms with van der Waals surface area (Å²) in [6.07, 6.45) is 4.20. The molecule has 0 aromatic carbocycles. The molecule has 2 aliphatic rings. The van der Waals surface area contributed by atoms with E-state index in [1.54, 1.807) is 18.3 Å². The summed E-state index contributed by atoms with van der Waals surface area (Å²) in [4.78, 5) is 12.2. The van der Waals surface area contributed by atoms with E-state index in [4.69, 9.17) is 18.9 Å². The molecule has 2 heterocycles. The van der Waals surface area contributed by atoms with Crippen LogP contribution in [-0.2, 0) is 19.0 Å². The fourth-order valence-electron chi connectivity index (χ4n) is 2.97. The Morgan fingerprint density at radius 1 is 1.39 bits per heavy atom. The van der Waals surface area contributed by atoms with Crippen LogP contribution in [0, 0.1) is 5.92 Å². The van der Waals surface area contributed by atoms with E-state index in [1.165, 1.54) is 0 Å². The molecule has 1 atom stereocenters. The van der Waals surface area contributed by atoms with Crippen LogP contribution in [0.25, 0.3) is 0 Å². The van der Waals surface area contributed by atoms with Gasteiger partial charge in [0.15, 0.2) is 5.79 Å². The van der Waals surface area contributed by atoms with Crippen LogP contribution in [0.3, 0.4) is 0 Å². The Bertz CT molecular complexity index is 508. The second-order valence-electron chi connectivity index (χ2n) is 6.00. The van der Waals surface area contributed by atoms with Crippen molar-refractivity contribution in [3.8, 4) is 5.88 Å². The minimum Gasteiger partial charge on any atom is -0.473 e. The van der Waals surface area contributed by atoms with Gasteiger partial charge in [0.25, 0.3) is 0 Å². The molecule has 1 aliphatic carbocycles. The van der Waals surface area contributed by atoms with Crippen molar-refractivity contribution < 1.29 is 23.7 Å². The molecular formula is C16H22N2O5. The number of hydrogen-bond donors (Lipinski definition) is 0. The predicted octanol–water partition coefficient (Wildman–Crippen LogP) is 1.72. The van der Waals surface area contributed by atoms with Crippen LogP contribution >= 0.6 is 0 Å². The first-order valence-electron chi connectivity index (χ1n) is 8.06. The van der Waals surface area contributed by atoms with Gasteiger partial charge in [-0.3, -0.25) is 4.79 Å². The molecule has 3 rings (SSSR count).